The normalized spacial score (nSPS) is 25.4. The van der Waals surface area contributed by atoms with Gasteiger partial charge in [0.25, 0.3) is 5.56 Å². The number of nitrogens with one attached hydrogen (secondary N) is 2. The van der Waals surface area contributed by atoms with Gasteiger partial charge in [0.1, 0.15) is 5.82 Å². The number of hydrogen-bond acceptors (Lipinski definition) is 4. The minimum Gasteiger partial charge on any atom is -0.367 e. The first kappa shape index (κ1) is 10.5. The molecule has 1 aliphatic rings. The quantitative estimate of drug-likeness (QED) is 0.818. The predicted molar refractivity (Wildman–Crippen MR) is 63.4 cm³/mol. The lowest BCUT2D eigenvalue weighted by Crippen LogP contribution is -2.18. The second-order valence-corrected chi connectivity index (χ2v) is 4.95. The molecule has 0 radical (unpaired) electrons. The van der Waals surface area contributed by atoms with Crippen molar-refractivity contribution in [2.45, 2.75) is 30.6 Å². The van der Waals surface area contributed by atoms with E-state index in [1.54, 1.807) is 0 Å². The lowest BCUT2D eigenvalue weighted by Gasteiger charge is -2.12. The number of nitrogens with zero attached hydrogens (tertiary/aromatic N) is 1. The van der Waals surface area contributed by atoms with Gasteiger partial charge in [-0.15, -0.1) is 0 Å². The fourth-order valence-electron chi connectivity index (χ4n) is 1.94. The fraction of sp³-hybridized carbons (Fsp3) is 0.600. The van der Waals surface area contributed by atoms with Crippen molar-refractivity contribution in [1.29, 1.82) is 0 Å². The Kier molecular flexibility index (Phi) is 3.30. The highest BCUT2D eigenvalue weighted by Gasteiger charge is 2.23. The maximum atomic E-state index is 11.0. The number of thioether (sulfide) groups is 1. The van der Waals surface area contributed by atoms with Crippen LogP contribution in [0.2, 0.25) is 0 Å². The van der Waals surface area contributed by atoms with Crippen molar-refractivity contribution in [1.82, 2.24) is 9.97 Å². The Labute approximate surface area is 92.9 Å². The number of hydrogen-bond donors (Lipinski definition) is 2. The van der Waals surface area contributed by atoms with E-state index in [1.807, 2.05) is 11.8 Å². The largest absolute Gasteiger partial charge is 0.367 e. The van der Waals surface area contributed by atoms with E-state index in [1.165, 1.54) is 25.2 Å². The summed E-state index contributed by atoms with van der Waals surface area (Å²) in [5.41, 5.74) is -0.105. The number of aromatic amines is 1. The highest BCUT2D eigenvalue weighted by atomic mass is 32.2. The van der Waals surface area contributed by atoms with Gasteiger partial charge in [0, 0.05) is 17.4 Å². The molecule has 0 saturated heterocycles. The molecule has 1 aliphatic carbocycles. The zero-order valence-electron chi connectivity index (χ0n) is 8.69. The van der Waals surface area contributed by atoms with Crippen LogP contribution >= 0.6 is 11.8 Å². The first-order valence-electron chi connectivity index (χ1n) is 5.12. The molecule has 2 atom stereocenters. The Morgan fingerprint density at radius 2 is 2.47 bits per heavy atom. The molecule has 0 amide bonds. The van der Waals surface area contributed by atoms with E-state index in [2.05, 4.69) is 21.5 Å². The third kappa shape index (κ3) is 2.75. The van der Waals surface area contributed by atoms with Crippen molar-refractivity contribution < 1.29 is 0 Å². The van der Waals surface area contributed by atoms with Crippen LogP contribution in [0.5, 0.6) is 0 Å². The summed E-state index contributed by atoms with van der Waals surface area (Å²) in [6.45, 7) is 0. The summed E-state index contributed by atoms with van der Waals surface area (Å²) in [6.07, 6.45) is 7.17. The van der Waals surface area contributed by atoms with Gasteiger partial charge < -0.3 is 10.3 Å². The molecule has 0 spiro atoms. The van der Waals surface area contributed by atoms with Crippen LogP contribution in [0, 0.1) is 0 Å². The van der Waals surface area contributed by atoms with E-state index in [0.29, 0.717) is 11.9 Å². The summed E-state index contributed by atoms with van der Waals surface area (Å²) in [7, 11) is 0. The molecule has 0 aromatic carbocycles. The van der Waals surface area contributed by atoms with Gasteiger partial charge in [0.05, 0.1) is 6.33 Å². The van der Waals surface area contributed by atoms with E-state index in [0.717, 1.165) is 11.7 Å². The molecule has 82 valence electrons. The maximum Gasteiger partial charge on any atom is 0.252 e. The van der Waals surface area contributed by atoms with Crippen molar-refractivity contribution in [2.75, 3.05) is 11.6 Å². The number of H-pyrrole nitrogens is 1. The molecule has 1 aromatic heterocycles. The maximum absolute atomic E-state index is 11.0. The molecule has 5 heteroatoms. The summed E-state index contributed by atoms with van der Waals surface area (Å²) in [5.74, 6) is 0.686. The van der Waals surface area contributed by atoms with Gasteiger partial charge >= 0.3 is 0 Å². The second-order valence-electron chi connectivity index (χ2n) is 3.81. The van der Waals surface area contributed by atoms with Crippen LogP contribution < -0.4 is 10.9 Å². The van der Waals surface area contributed by atoms with Crippen molar-refractivity contribution in [3.8, 4) is 0 Å². The van der Waals surface area contributed by atoms with Gasteiger partial charge in [-0.2, -0.15) is 11.8 Å². The molecular formula is C10H15N3OS. The average molecular weight is 225 g/mol. The number of aromatic nitrogens is 2. The Hall–Kier alpha value is -0.970. The molecule has 2 unspecified atom stereocenters. The highest BCUT2D eigenvalue weighted by molar-refractivity contribution is 7.99. The molecule has 1 heterocycles. The minimum atomic E-state index is -0.105. The van der Waals surface area contributed by atoms with E-state index in [-0.39, 0.29) is 5.56 Å². The van der Waals surface area contributed by atoms with Crippen LogP contribution in [0.1, 0.15) is 19.3 Å². The van der Waals surface area contributed by atoms with Gasteiger partial charge in [0.15, 0.2) is 0 Å². The number of anilines is 1. The molecule has 1 fully saturated rings. The van der Waals surface area contributed by atoms with E-state index in [9.17, 15) is 4.79 Å². The lowest BCUT2D eigenvalue weighted by atomic mass is 10.2. The van der Waals surface area contributed by atoms with Gasteiger partial charge in [-0.1, -0.05) is 0 Å². The van der Waals surface area contributed by atoms with Crippen molar-refractivity contribution in [3.63, 3.8) is 0 Å². The van der Waals surface area contributed by atoms with Crippen LogP contribution in [-0.2, 0) is 0 Å². The fourth-order valence-corrected chi connectivity index (χ4v) is 2.74. The summed E-state index contributed by atoms with van der Waals surface area (Å²) >= 11 is 1.92. The summed E-state index contributed by atoms with van der Waals surface area (Å²) < 4.78 is 0. The Morgan fingerprint density at radius 1 is 1.60 bits per heavy atom. The molecule has 15 heavy (non-hydrogen) atoms. The number of rotatable bonds is 3. The lowest BCUT2D eigenvalue weighted by molar-refractivity contribution is 0.751. The van der Waals surface area contributed by atoms with Crippen LogP contribution in [0.15, 0.2) is 17.2 Å². The van der Waals surface area contributed by atoms with Gasteiger partial charge in [-0.25, -0.2) is 4.98 Å². The average Bonchev–Trinajstić information content (AvgIpc) is 2.65. The molecule has 4 nitrogen and oxygen atoms in total. The van der Waals surface area contributed by atoms with Crippen LogP contribution in [0.4, 0.5) is 5.82 Å². The summed E-state index contributed by atoms with van der Waals surface area (Å²) in [4.78, 5) is 17.6. The molecule has 0 aliphatic heterocycles. The molecule has 1 saturated carbocycles. The van der Waals surface area contributed by atoms with Crippen molar-refractivity contribution in [3.05, 3.63) is 22.7 Å². The van der Waals surface area contributed by atoms with Crippen molar-refractivity contribution in [2.24, 2.45) is 0 Å². The van der Waals surface area contributed by atoms with Crippen LogP contribution in [0.25, 0.3) is 0 Å². The molecule has 2 N–H and O–H groups in total. The second kappa shape index (κ2) is 4.70. The molecule has 2 rings (SSSR count). The van der Waals surface area contributed by atoms with Gasteiger partial charge in [-0.05, 0) is 25.5 Å². The Morgan fingerprint density at radius 3 is 3.13 bits per heavy atom. The standard InChI is InChI=1S/C10H15N3OS/c1-15-8-3-2-7(4-8)13-9-5-10(14)12-6-11-9/h5-8H,2-4H2,1H3,(H2,11,12,13,14). The monoisotopic (exact) mass is 225 g/mol. The van der Waals surface area contributed by atoms with Crippen molar-refractivity contribution >= 4 is 17.6 Å². The van der Waals surface area contributed by atoms with Gasteiger partial charge in [-0.3, -0.25) is 4.79 Å². The summed E-state index contributed by atoms with van der Waals surface area (Å²) in [6, 6.07) is 1.98. The molecule has 0 bridgehead atoms. The molecule has 1 aromatic rings. The third-order valence-electron chi connectivity index (χ3n) is 2.75. The smallest absolute Gasteiger partial charge is 0.252 e. The van der Waals surface area contributed by atoms with Gasteiger partial charge in [0.2, 0.25) is 0 Å². The zero-order valence-corrected chi connectivity index (χ0v) is 9.51. The van der Waals surface area contributed by atoms with Crippen LogP contribution in [-0.4, -0.2) is 27.5 Å². The first-order valence-corrected chi connectivity index (χ1v) is 6.41. The highest BCUT2D eigenvalue weighted by Crippen LogP contribution is 2.29. The minimum absolute atomic E-state index is 0.105. The first-order chi connectivity index (χ1) is 7.28. The third-order valence-corrected chi connectivity index (χ3v) is 3.84. The van der Waals surface area contributed by atoms with E-state index in [4.69, 9.17) is 0 Å². The summed E-state index contributed by atoms with van der Waals surface area (Å²) in [5, 5.41) is 4.06. The topological polar surface area (TPSA) is 57.8 Å². The zero-order chi connectivity index (χ0) is 10.7. The van der Waals surface area contributed by atoms with E-state index < -0.39 is 0 Å². The van der Waals surface area contributed by atoms with Crippen LogP contribution in [0.3, 0.4) is 0 Å². The molecular weight excluding hydrogens is 210 g/mol. The Bertz CT molecular complexity index is 379. The van der Waals surface area contributed by atoms with E-state index >= 15 is 0 Å². The SMILES string of the molecule is CSC1CCC(Nc2cc(=O)[nH]cn2)C1. The Balaban J connectivity index is 1.95. The predicted octanol–water partition coefficient (Wildman–Crippen LogP) is 1.47.